The molecule has 2 N–H and O–H groups in total. The fourth-order valence-corrected chi connectivity index (χ4v) is 3.72. The van der Waals surface area contributed by atoms with Crippen molar-refractivity contribution in [3.05, 3.63) is 64.1 Å². The number of hydrogen-bond donors (Lipinski definition) is 2. The number of carbonyl (C=O) groups is 1. The molecular weight excluding hydrogens is 430 g/mol. The molecular formula is C24H26F2N4O3. The van der Waals surface area contributed by atoms with Crippen LogP contribution in [0.3, 0.4) is 0 Å². The molecule has 0 radical (unpaired) electrons. The van der Waals surface area contributed by atoms with Crippen molar-refractivity contribution in [2.75, 3.05) is 5.32 Å². The number of nitrogens with one attached hydrogen (secondary N) is 1. The summed E-state index contributed by atoms with van der Waals surface area (Å²) < 4.78 is 27.7. The molecule has 0 aromatic carbocycles. The number of oxime groups is 1. The number of allylic oxidation sites excluding steroid dienone is 5. The van der Waals surface area contributed by atoms with E-state index in [9.17, 15) is 18.4 Å². The second kappa shape index (κ2) is 9.09. The maximum absolute atomic E-state index is 13.2. The molecule has 1 saturated carbocycles. The van der Waals surface area contributed by atoms with Crippen molar-refractivity contribution in [1.29, 1.82) is 0 Å². The van der Waals surface area contributed by atoms with Crippen LogP contribution < -0.4 is 10.9 Å². The number of aromatic nitrogens is 2. The molecule has 0 saturated heterocycles. The van der Waals surface area contributed by atoms with Gasteiger partial charge in [0, 0.05) is 36.7 Å². The van der Waals surface area contributed by atoms with E-state index in [0.29, 0.717) is 39.7 Å². The summed E-state index contributed by atoms with van der Waals surface area (Å²) in [6.07, 6.45) is 5.08. The molecule has 2 aromatic rings. The summed E-state index contributed by atoms with van der Waals surface area (Å²) in [5, 5.41) is 15.4. The first-order chi connectivity index (χ1) is 15.5. The van der Waals surface area contributed by atoms with E-state index in [1.54, 1.807) is 25.3 Å². The average Bonchev–Trinajstić information content (AvgIpc) is 3.41. The van der Waals surface area contributed by atoms with Crippen LogP contribution in [0.2, 0.25) is 0 Å². The first-order valence-corrected chi connectivity index (χ1v) is 10.5. The highest BCUT2D eigenvalue weighted by atomic mass is 19.3. The summed E-state index contributed by atoms with van der Waals surface area (Å²) in [6, 6.07) is 3.19. The van der Waals surface area contributed by atoms with Crippen molar-refractivity contribution in [1.82, 2.24) is 9.55 Å². The second-order valence-electron chi connectivity index (χ2n) is 8.01. The standard InChI is InChI=1S/C24H26F2N4O3/c1-6-16(13(3)8-14(4)19(7-2)29-33)17-9-15-12-27-21(10-20(15)30(5)23(17)32)28-22(31)18-11-24(18,25)26/h6,8-10,12,18,33H,4,7,11H2,1-3,5H3,(H,27,28,31)/b13-8-,16-6+,29-19-. The molecule has 1 atom stereocenters. The third-order valence-corrected chi connectivity index (χ3v) is 5.72. The summed E-state index contributed by atoms with van der Waals surface area (Å²) in [7, 11) is 1.59. The van der Waals surface area contributed by atoms with Gasteiger partial charge >= 0.3 is 0 Å². The summed E-state index contributed by atoms with van der Waals surface area (Å²) in [5.74, 6) is -4.99. The highest BCUT2D eigenvalue weighted by Crippen LogP contribution is 2.49. The summed E-state index contributed by atoms with van der Waals surface area (Å²) >= 11 is 0. The lowest BCUT2D eigenvalue weighted by Crippen LogP contribution is -2.22. The average molecular weight is 456 g/mol. The number of anilines is 1. The molecule has 2 aromatic heterocycles. The molecule has 2 heterocycles. The molecule has 0 aliphatic heterocycles. The van der Waals surface area contributed by atoms with E-state index in [4.69, 9.17) is 5.21 Å². The van der Waals surface area contributed by atoms with Gasteiger partial charge in [0.05, 0.1) is 11.2 Å². The molecule has 174 valence electrons. The molecule has 9 heteroatoms. The Labute approximate surface area is 189 Å². The Morgan fingerprint density at radius 3 is 2.67 bits per heavy atom. The van der Waals surface area contributed by atoms with Crippen molar-refractivity contribution in [2.45, 2.75) is 39.5 Å². The third kappa shape index (κ3) is 4.76. The van der Waals surface area contributed by atoms with E-state index in [1.807, 2.05) is 20.8 Å². The number of alkyl halides is 2. The van der Waals surface area contributed by atoms with Crippen LogP contribution in [-0.4, -0.2) is 32.3 Å². The van der Waals surface area contributed by atoms with E-state index in [0.717, 1.165) is 5.57 Å². The predicted octanol–water partition coefficient (Wildman–Crippen LogP) is 4.67. The number of aryl methyl sites for hydroxylation is 1. The number of hydrogen-bond acceptors (Lipinski definition) is 5. The van der Waals surface area contributed by atoms with Gasteiger partial charge in [-0.15, -0.1) is 0 Å². The molecule has 33 heavy (non-hydrogen) atoms. The lowest BCUT2D eigenvalue weighted by molar-refractivity contribution is -0.119. The predicted molar refractivity (Wildman–Crippen MR) is 125 cm³/mol. The number of nitrogens with zero attached hydrogens (tertiary/aromatic N) is 3. The largest absolute Gasteiger partial charge is 0.411 e. The van der Waals surface area contributed by atoms with Gasteiger partial charge in [-0.25, -0.2) is 13.8 Å². The SMILES string of the molecule is C=C(/C=C(C)\C(=C/C)c1cc2cnc(NC(=O)C3CC3(F)F)cc2n(C)c1=O)/C(CC)=N\O. The van der Waals surface area contributed by atoms with Gasteiger partial charge in [0.25, 0.3) is 11.5 Å². The fourth-order valence-electron chi connectivity index (χ4n) is 3.72. The van der Waals surface area contributed by atoms with Gasteiger partial charge in [-0.05, 0) is 43.1 Å². The van der Waals surface area contributed by atoms with Crippen LogP contribution >= 0.6 is 0 Å². The van der Waals surface area contributed by atoms with Gasteiger partial charge in [0.2, 0.25) is 5.91 Å². The highest BCUT2D eigenvalue weighted by Gasteiger charge is 2.61. The van der Waals surface area contributed by atoms with Crippen molar-refractivity contribution in [2.24, 2.45) is 18.1 Å². The number of halogens is 2. The zero-order valence-electron chi connectivity index (χ0n) is 18.9. The lowest BCUT2D eigenvalue weighted by Gasteiger charge is -2.14. The fraction of sp³-hybridized carbons (Fsp3) is 0.333. The maximum Gasteiger partial charge on any atom is 0.260 e. The Balaban J connectivity index is 1.98. The van der Waals surface area contributed by atoms with Crippen LogP contribution in [0.4, 0.5) is 14.6 Å². The van der Waals surface area contributed by atoms with Gasteiger partial charge in [0.1, 0.15) is 11.7 Å². The Bertz CT molecular complexity index is 1290. The summed E-state index contributed by atoms with van der Waals surface area (Å²) in [5.41, 5.74) is 3.08. The first kappa shape index (κ1) is 24.0. The topological polar surface area (TPSA) is 96.6 Å². The van der Waals surface area contributed by atoms with Gasteiger partial charge in [-0.1, -0.05) is 30.8 Å². The third-order valence-electron chi connectivity index (χ3n) is 5.72. The van der Waals surface area contributed by atoms with Gasteiger partial charge in [-0.2, -0.15) is 0 Å². The zero-order chi connectivity index (χ0) is 24.5. The van der Waals surface area contributed by atoms with E-state index in [2.05, 4.69) is 22.0 Å². The normalized spacial score (nSPS) is 18.4. The Morgan fingerprint density at radius 1 is 1.45 bits per heavy atom. The van der Waals surface area contributed by atoms with Crippen LogP contribution in [0.25, 0.3) is 16.5 Å². The number of amides is 1. The maximum atomic E-state index is 13.2. The summed E-state index contributed by atoms with van der Waals surface area (Å²) in [4.78, 5) is 29.3. The minimum absolute atomic E-state index is 0.104. The molecule has 3 rings (SSSR count). The second-order valence-corrected chi connectivity index (χ2v) is 8.01. The molecule has 7 nitrogen and oxygen atoms in total. The van der Waals surface area contributed by atoms with Gasteiger partial charge < -0.3 is 15.1 Å². The van der Waals surface area contributed by atoms with Crippen molar-refractivity contribution >= 4 is 33.9 Å². The lowest BCUT2D eigenvalue weighted by atomic mass is 9.96. The molecule has 1 aliphatic rings. The molecule has 1 fully saturated rings. The quantitative estimate of drug-likeness (QED) is 0.274. The van der Waals surface area contributed by atoms with Crippen LogP contribution in [-0.2, 0) is 11.8 Å². The number of fused-ring (bicyclic) bond motifs is 1. The van der Waals surface area contributed by atoms with E-state index in [1.165, 1.54) is 16.8 Å². The molecule has 1 unspecified atom stereocenters. The number of rotatable bonds is 7. The van der Waals surface area contributed by atoms with Crippen LogP contribution in [0.5, 0.6) is 0 Å². The van der Waals surface area contributed by atoms with Crippen LogP contribution in [0.15, 0.2) is 58.2 Å². The molecule has 1 amide bonds. The van der Waals surface area contributed by atoms with E-state index < -0.39 is 24.2 Å². The number of pyridine rings is 2. The monoisotopic (exact) mass is 456 g/mol. The highest BCUT2D eigenvalue weighted by molar-refractivity contribution is 6.02. The minimum Gasteiger partial charge on any atom is -0.411 e. The smallest absolute Gasteiger partial charge is 0.260 e. The summed E-state index contributed by atoms with van der Waals surface area (Å²) in [6.45, 7) is 9.42. The van der Waals surface area contributed by atoms with Gasteiger partial charge in [-0.3, -0.25) is 9.59 Å². The Kier molecular flexibility index (Phi) is 6.62. The van der Waals surface area contributed by atoms with Crippen LogP contribution in [0, 0.1) is 5.92 Å². The number of carbonyl (C=O) groups excluding carboxylic acids is 1. The Hall–Kier alpha value is -3.62. The zero-order valence-corrected chi connectivity index (χ0v) is 18.9. The van der Waals surface area contributed by atoms with Crippen molar-refractivity contribution < 1.29 is 18.8 Å². The molecule has 1 aliphatic carbocycles. The molecule has 0 bridgehead atoms. The van der Waals surface area contributed by atoms with E-state index in [-0.39, 0.29) is 11.4 Å². The van der Waals surface area contributed by atoms with Crippen molar-refractivity contribution in [3.8, 4) is 0 Å². The first-order valence-electron chi connectivity index (χ1n) is 10.5. The molecule has 0 spiro atoms. The van der Waals surface area contributed by atoms with Crippen LogP contribution in [0.1, 0.15) is 39.2 Å². The van der Waals surface area contributed by atoms with Gasteiger partial charge in [0.15, 0.2) is 0 Å². The Morgan fingerprint density at radius 2 is 2.12 bits per heavy atom. The minimum atomic E-state index is -2.97. The van der Waals surface area contributed by atoms with E-state index >= 15 is 0 Å². The van der Waals surface area contributed by atoms with Crippen molar-refractivity contribution in [3.63, 3.8) is 0 Å².